The van der Waals surface area contributed by atoms with E-state index in [4.69, 9.17) is 0 Å². The van der Waals surface area contributed by atoms with E-state index in [0.717, 1.165) is 17.1 Å². The van der Waals surface area contributed by atoms with Crippen molar-refractivity contribution in [3.05, 3.63) is 35.8 Å². The summed E-state index contributed by atoms with van der Waals surface area (Å²) in [4.78, 5) is 0. The maximum absolute atomic E-state index is 13.8. The quantitative estimate of drug-likeness (QED) is 0.852. The van der Waals surface area contributed by atoms with Gasteiger partial charge in [-0.25, -0.2) is 4.39 Å². The minimum atomic E-state index is -0.212. The molecule has 1 fully saturated rings. The number of rotatable bonds is 3. The third-order valence-corrected chi connectivity index (χ3v) is 3.01. The van der Waals surface area contributed by atoms with Crippen LogP contribution in [0.2, 0.25) is 0 Å². The van der Waals surface area contributed by atoms with Crippen LogP contribution in [0.1, 0.15) is 18.5 Å². The van der Waals surface area contributed by atoms with E-state index in [9.17, 15) is 4.39 Å². The molecule has 1 aromatic heterocycles. The first-order valence-electron chi connectivity index (χ1n) is 5.82. The third-order valence-electron chi connectivity index (χ3n) is 3.01. The smallest absolute Gasteiger partial charge is 0.156 e. The molecule has 0 radical (unpaired) electrons. The van der Waals surface area contributed by atoms with Crippen LogP contribution in [0.3, 0.4) is 0 Å². The summed E-state index contributed by atoms with van der Waals surface area (Å²) in [6.07, 6.45) is 2.34. The largest absolute Gasteiger partial charge is 0.365 e. The zero-order valence-corrected chi connectivity index (χ0v) is 9.63. The second-order valence-corrected chi connectivity index (χ2v) is 4.47. The Kier molecular flexibility index (Phi) is 2.35. The highest BCUT2D eigenvalue weighted by Gasteiger charge is 2.24. The van der Waals surface area contributed by atoms with Crippen molar-refractivity contribution >= 4 is 5.82 Å². The van der Waals surface area contributed by atoms with Crippen LogP contribution in [-0.2, 0) is 0 Å². The SMILES string of the molecule is Cc1[nH]nc(NC2CC2)c1-c1ccccc1F. The van der Waals surface area contributed by atoms with Crippen molar-refractivity contribution < 1.29 is 4.39 Å². The van der Waals surface area contributed by atoms with Gasteiger partial charge in [0.15, 0.2) is 5.82 Å². The molecule has 4 heteroatoms. The van der Waals surface area contributed by atoms with E-state index in [1.807, 2.05) is 13.0 Å². The molecular weight excluding hydrogens is 217 g/mol. The van der Waals surface area contributed by atoms with Gasteiger partial charge in [0, 0.05) is 22.9 Å². The fourth-order valence-corrected chi connectivity index (χ4v) is 1.95. The molecule has 0 amide bonds. The molecule has 0 unspecified atom stereocenters. The van der Waals surface area contributed by atoms with Crippen molar-refractivity contribution in [3.8, 4) is 11.1 Å². The fraction of sp³-hybridized carbons (Fsp3) is 0.308. The first-order chi connectivity index (χ1) is 8.25. The lowest BCUT2D eigenvalue weighted by molar-refractivity contribution is 0.631. The number of aromatic amines is 1. The van der Waals surface area contributed by atoms with Crippen LogP contribution in [0.4, 0.5) is 10.2 Å². The molecular formula is C13H14FN3. The molecule has 1 aliphatic carbocycles. The Morgan fingerprint density at radius 2 is 2.12 bits per heavy atom. The molecule has 1 aromatic carbocycles. The number of halogens is 1. The van der Waals surface area contributed by atoms with Crippen LogP contribution in [0.15, 0.2) is 24.3 Å². The maximum Gasteiger partial charge on any atom is 0.156 e. The summed E-state index contributed by atoms with van der Waals surface area (Å²) in [6.45, 7) is 1.91. The van der Waals surface area contributed by atoms with E-state index >= 15 is 0 Å². The lowest BCUT2D eigenvalue weighted by atomic mass is 10.1. The summed E-state index contributed by atoms with van der Waals surface area (Å²) in [7, 11) is 0. The molecule has 0 saturated heterocycles. The minimum Gasteiger partial charge on any atom is -0.365 e. The second kappa shape index (κ2) is 3.87. The molecule has 17 heavy (non-hydrogen) atoms. The van der Waals surface area contributed by atoms with Crippen molar-refractivity contribution in [2.45, 2.75) is 25.8 Å². The fourth-order valence-electron chi connectivity index (χ4n) is 1.95. The highest BCUT2D eigenvalue weighted by atomic mass is 19.1. The number of hydrogen-bond acceptors (Lipinski definition) is 2. The predicted molar refractivity (Wildman–Crippen MR) is 65.4 cm³/mol. The molecule has 88 valence electrons. The van der Waals surface area contributed by atoms with Crippen molar-refractivity contribution in [2.24, 2.45) is 0 Å². The number of anilines is 1. The number of aryl methyl sites for hydroxylation is 1. The van der Waals surface area contributed by atoms with Crippen molar-refractivity contribution in [1.29, 1.82) is 0 Å². The summed E-state index contributed by atoms with van der Waals surface area (Å²) >= 11 is 0. The zero-order valence-electron chi connectivity index (χ0n) is 9.63. The van der Waals surface area contributed by atoms with Crippen LogP contribution in [0.25, 0.3) is 11.1 Å². The molecule has 1 aliphatic rings. The van der Waals surface area contributed by atoms with Crippen LogP contribution in [-0.4, -0.2) is 16.2 Å². The van der Waals surface area contributed by atoms with Gasteiger partial charge in [-0.15, -0.1) is 0 Å². The number of H-pyrrole nitrogens is 1. The molecule has 0 aliphatic heterocycles. The number of nitrogens with zero attached hydrogens (tertiary/aromatic N) is 1. The van der Waals surface area contributed by atoms with Crippen molar-refractivity contribution in [2.75, 3.05) is 5.32 Å². The normalized spacial score (nSPS) is 14.9. The van der Waals surface area contributed by atoms with Crippen LogP contribution >= 0.6 is 0 Å². The first-order valence-corrected chi connectivity index (χ1v) is 5.82. The van der Waals surface area contributed by atoms with Gasteiger partial charge in [0.1, 0.15) is 5.82 Å². The van der Waals surface area contributed by atoms with Gasteiger partial charge < -0.3 is 5.32 Å². The van der Waals surface area contributed by atoms with E-state index in [1.54, 1.807) is 12.1 Å². The third kappa shape index (κ3) is 1.90. The number of benzene rings is 1. The highest BCUT2D eigenvalue weighted by molar-refractivity contribution is 5.78. The Morgan fingerprint density at radius 1 is 1.35 bits per heavy atom. The molecule has 0 bridgehead atoms. The Morgan fingerprint density at radius 3 is 2.82 bits per heavy atom. The summed E-state index contributed by atoms with van der Waals surface area (Å²) < 4.78 is 13.8. The molecule has 1 heterocycles. The Balaban J connectivity index is 2.06. The molecule has 1 saturated carbocycles. The summed E-state index contributed by atoms with van der Waals surface area (Å²) in [5, 5.41) is 10.4. The van der Waals surface area contributed by atoms with Gasteiger partial charge >= 0.3 is 0 Å². The van der Waals surface area contributed by atoms with Crippen molar-refractivity contribution in [1.82, 2.24) is 10.2 Å². The van der Waals surface area contributed by atoms with Gasteiger partial charge in [-0.05, 0) is 25.8 Å². The van der Waals surface area contributed by atoms with Gasteiger partial charge in [0.25, 0.3) is 0 Å². The van der Waals surface area contributed by atoms with Gasteiger partial charge in [0.05, 0.1) is 0 Å². The first kappa shape index (κ1) is 10.3. The van der Waals surface area contributed by atoms with Crippen molar-refractivity contribution in [3.63, 3.8) is 0 Å². The van der Waals surface area contributed by atoms with E-state index < -0.39 is 0 Å². The topological polar surface area (TPSA) is 40.7 Å². The number of hydrogen-bond donors (Lipinski definition) is 2. The molecule has 2 N–H and O–H groups in total. The summed E-state index contributed by atoms with van der Waals surface area (Å²) in [5.74, 6) is 0.547. The van der Waals surface area contributed by atoms with Crippen LogP contribution in [0.5, 0.6) is 0 Å². The van der Waals surface area contributed by atoms with Crippen LogP contribution in [0, 0.1) is 12.7 Å². The van der Waals surface area contributed by atoms with Gasteiger partial charge in [0.2, 0.25) is 0 Å². The molecule has 3 nitrogen and oxygen atoms in total. The highest BCUT2D eigenvalue weighted by Crippen LogP contribution is 2.34. The van der Waals surface area contributed by atoms with Gasteiger partial charge in [-0.1, -0.05) is 18.2 Å². The Bertz CT molecular complexity index is 543. The van der Waals surface area contributed by atoms with E-state index in [2.05, 4.69) is 15.5 Å². The van der Waals surface area contributed by atoms with Gasteiger partial charge in [-0.3, -0.25) is 5.10 Å². The average molecular weight is 231 g/mol. The maximum atomic E-state index is 13.8. The van der Waals surface area contributed by atoms with Gasteiger partial charge in [-0.2, -0.15) is 5.10 Å². The Labute approximate surface area is 99.1 Å². The second-order valence-electron chi connectivity index (χ2n) is 4.47. The molecule has 2 aromatic rings. The van der Waals surface area contributed by atoms with E-state index in [0.29, 0.717) is 11.6 Å². The predicted octanol–water partition coefficient (Wildman–Crippen LogP) is 3.10. The summed E-state index contributed by atoms with van der Waals surface area (Å²) in [5.41, 5.74) is 2.33. The molecule has 3 rings (SSSR count). The Hall–Kier alpha value is -1.84. The standard InChI is InChI=1S/C13H14FN3/c1-8-12(10-4-2-3-5-11(10)14)13(17-16-8)15-9-6-7-9/h2-5,9H,6-7H2,1H3,(H2,15,16,17). The van der Waals surface area contributed by atoms with E-state index in [1.165, 1.54) is 18.9 Å². The average Bonchev–Trinajstić information content (AvgIpc) is 3.05. The molecule has 0 spiro atoms. The molecule has 0 atom stereocenters. The number of nitrogens with one attached hydrogen (secondary N) is 2. The van der Waals surface area contributed by atoms with Crippen LogP contribution < -0.4 is 5.32 Å². The number of aromatic nitrogens is 2. The summed E-state index contributed by atoms with van der Waals surface area (Å²) in [6, 6.07) is 7.30. The zero-order chi connectivity index (χ0) is 11.8. The monoisotopic (exact) mass is 231 g/mol. The lowest BCUT2D eigenvalue weighted by Gasteiger charge is -2.06. The minimum absolute atomic E-state index is 0.212. The lowest BCUT2D eigenvalue weighted by Crippen LogP contribution is -2.02. The van der Waals surface area contributed by atoms with E-state index in [-0.39, 0.29) is 5.82 Å².